The molecule has 1 aromatic carbocycles. The maximum atomic E-state index is 12.0. The van der Waals surface area contributed by atoms with E-state index in [0.29, 0.717) is 12.2 Å². The summed E-state index contributed by atoms with van der Waals surface area (Å²) in [5.41, 5.74) is 0.410. The highest BCUT2D eigenvalue weighted by Crippen LogP contribution is 2.17. The van der Waals surface area contributed by atoms with Crippen LogP contribution in [0.5, 0.6) is 0 Å². The van der Waals surface area contributed by atoms with Crippen molar-refractivity contribution in [3.8, 4) is 0 Å². The van der Waals surface area contributed by atoms with E-state index >= 15 is 0 Å². The summed E-state index contributed by atoms with van der Waals surface area (Å²) in [4.78, 5) is 12.0. The molecule has 1 amide bonds. The summed E-state index contributed by atoms with van der Waals surface area (Å²) in [6, 6.07) is 5.64. The lowest BCUT2D eigenvalue weighted by molar-refractivity contribution is 0.0136. The van der Waals surface area contributed by atoms with Crippen molar-refractivity contribution in [2.24, 2.45) is 0 Å². The molecule has 2 atom stereocenters. The van der Waals surface area contributed by atoms with Crippen LogP contribution >= 0.6 is 10.7 Å². The lowest BCUT2D eigenvalue weighted by Crippen LogP contribution is -2.41. The van der Waals surface area contributed by atoms with Crippen LogP contribution in [0.15, 0.2) is 29.2 Å². The summed E-state index contributed by atoms with van der Waals surface area (Å²) < 4.78 is 27.7. The van der Waals surface area contributed by atoms with Crippen LogP contribution in [0.4, 0.5) is 0 Å². The maximum Gasteiger partial charge on any atom is 0.261 e. The van der Waals surface area contributed by atoms with E-state index in [1.807, 2.05) is 6.92 Å². The lowest BCUT2D eigenvalue weighted by Gasteiger charge is -2.27. The second-order valence-corrected chi connectivity index (χ2v) is 7.40. The van der Waals surface area contributed by atoms with Gasteiger partial charge in [0, 0.05) is 28.9 Å². The van der Waals surface area contributed by atoms with E-state index < -0.39 is 9.05 Å². The summed E-state index contributed by atoms with van der Waals surface area (Å²) in [5.74, 6) is -0.220. The van der Waals surface area contributed by atoms with Gasteiger partial charge in [0.05, 0.1) is 11.0 Å². The quantitative estimate of drug-likeness (QED) is 0.864. The molecular formula is C13H16ClNO4S. The largest absolute Gasteiger partial charge is 0.378 e. The van der Waals surface area contributed by atoms with Crippen LogP contribution < -0.4 is 5.32 Å². The van der Waals surface area contributed by atoms with Gasteiger partial charge in [-0.25, -0.2) is 8.42 Å². The minimum Gasteiger partial charge on any atom is -0.378 e. The van der Waals surface area contributed by atoms with Gasteiger partial charge in [0.25, 0.3) is 15.0 Å². The number of ether oxygens (including phenoxy) is 1. The van der Waals surface area contributed by atoms with E-state index in [4.69, 9.17) is 15.4 Å². The molecule has 1 heterocycles. The van der Waals surface area contributed by atoms with E-state index in [9.17, 15) is 13.2 Å². The van der Waals surface area contributed by atoms with Gasteiger partial charge in [-0.3, -0.25) is 4.79 Å². The predicted molar refractivity (Wildman–Crippen MR) is 75.4 cm³/mol. The van der Waals surface area contributed by atoms with E-state index in [0.717, 1.165) is 12.8 Å². The van der Waals surface area contributed by atoms with Crippen molar-refractivity contribution < 1.29 is 17.9 Å². The van der Waals surface area contributed by atoms with E-state index in [-0.39, 0.29) is 22.9 Å². The van der Waals surface area contributed by atoms with Crippen LogP contribution in [0.3, 0.4) is 0 Å². The molecule has 1 N–H and O–H groups in total. The van der Waals surface area contributed by atoms with Crippen molar-refractivity contribution in [2.45, 2.75) is 36.8 Å². The van der Waals surface area contributed by atoms with Crippen LogP contribution in [0.25, 0.3) is 0 Å². The third-order valence-corrected chi connectivity index (χ3v) is 4.59. The zero-order valence-electron chi connectivity index (χ0n) is 11.0. The van der Waals surface area contributed by atoms with Crippen molar-refractivity contribution in [1.29, 1.82) is 0 Å². The van der Waals surface area contributed by atoms with E-state index in [2.05, 4.69) is 5.32 Å². The number of carbonyl (C=O) groups excluding carboxylic acids is 1. The predicted octanol–water partition coefficient (Wildman–Crippen LogP) is 1.91. The minimum atomic E-state index is -3.76. The fourth-order valence-corrected chi connectivity index (χ4v) is 2.94. The van der Waals surface area contributed by atoms with E-state index in [1.165, 1.54) is 24.3 Å². The zero-order valence-corrected chi connectivity index (χ0v) is 12.6. The van der Waals surface area contributed by atoms with Crippen LogP contribution in [-0.2, 0) is 13.8 Å². The zero-order chi connectivity index (χ0) is 14.8. The highest BCUT2D eigenvalue weighted by Gasteiger charge is 2.21. The van der Waals surface area contributed by atoms with Crippen molar-refractivity contribution >= 4 is 25.6 Å². The number of amides is 1. The molecule has 0 aliphatic carbocycles. The van der Waals surface area contributed by atoms with Gasteiger partial charge in [0.1, 0.15) is 0 Å². The standard InChI is InChI=1S/C13H16ClNO4S/c1-9-8-11(6-7-19-9)15-13(16)10-2-4-12(5-3-10)20(14,17)18/h2-5,9,11H,6-8H2,1H3,(H,15,16). The van der Waals surface area contributed by atoms with Crippen LogP contribution in [0, 0.1) is 0 Å². The molecule has 2 unspecified atom stereocenters. The van der Waals surface area contributed by atoms with Crippen molar-refractivity contribution in [1.82, 2.24) is 5.32 Å². The van der Waals surface area contributed by atoms with Crippen LogP contribution in [0.2, 0.25) is 0 Å². The Morgan fingerprint density at radius 2 is 2.00 bits per heavy atom. The molecule has 0 aromatic heterocycles. The first-order valence-corrected chi connectivity index (χ1v) is 8.64. The maximum absolute atomic E-state index is 12.0. The molecule has 1 aliphatic heterocycles. The molecule has 0 spiro atoms. The van der Waals surface area contributed by atoms with Crippen LogP contribution in [0.1, 0.15) is 30.1 Å². The number of rotatable bonds is 3. The normalized spacial score (nSPS) is 23.3. The molecule has 20 heavy (non-hydrogen) atoms. The molecular weight excluding hydrogens is 302 g/mol. The Hall–Kier alpha value is -1.11. The Bertz CT molecular complexity index is 585. The molecule has 0 saturated carbocycles. The summed E-state index contributed by atoms with van der Waals surface area (Å²) in [5, 5.41) is 2.92. The lowest BCUT2D eigenvalue weighted by atomic mass is 10.0. The summed E-state index contributed by atoms with van der Waals surface area (Å²) >= 11 is 0. The minimum absolute atomic E-state index is 0.0181. The molecule has 0 bridgehead atoms. The number of halogens is 1. The van der Waals surface area contributed by atoms with Gasteiger partial charge in [-0.05, 0) is 44.0 Å². The van der Waals surface area contributed by atoms with Gasteiger partial charge in [-0.15, -0.1) is 0 Å². The SMILES string of the molecule is CC1CC(NC(=O)c2ccc(S(=O)(=O)Cl)cc2)CCO1. The number of hydrogen-bond donors (Lipinski definition) is 1. The molecule has 110 valence electrons. The summed E-state index contributed by atoms with van der Waals surface area (Å²) in [6.07, 6.45) is 1.70. The summed E-state index contributed by atoms with van der Waals surface area (Å²) in [6.45, 7) is 2.61. The van der Waals surface area contributed by atoms with Crippen LogP contribution in [-0.4, -0.2) is 33.1 Å². The number of hydrogen-bond acceptors (Lipinski definition) is 4. The van der Waals surface area contributed by atoms with Gasteiger partial charge in [0.2, 0.25) is 0 Å². The smallest absolute Gasteiger partial charge is 0.261 e. The second kappa shape index (κ2) is 6.11. The Morgan fingerprint density at radius 3 is 2.55 bits per heavy atom. The average Bonchev–Trinajstić information content (AvgIpc) is 2.38. The number of carbonyl (C=O) groups is 1. The third kappa shape index (κ3) is 3.94. The molecule has 2 rings (SSSR count). The summed E-state index contributed by atoms with van der Waals surface area (Å²) in [7, 11) is 1.46. The Morgan fingerprint density at radius 1 is 1.35 bits per heavy atom. The second-order valence-electron chi connectivity index (χ2n) is 4.84. The van der Waals surface area contributed by atoms with Crippen molar-refractivity contribution in [3.05, 3.63) is 29.8 Å². The third-order valence-electron chi connectivity index (χ3n) is 3.22. The molecule has 1 fully saturated rings. The van der Waals surface area contributed by atoms with Gasteiger partial charge in [-0.2, -0.15) is 0 Å². The Labute approximate surface area is 122 Å². The molecule has 1 saturated heterocycles. The fraction of sp³-hybridized carbons (Fsp3) is 0.462. The Kier molecular flexibility index (Phi) is 4.67. The highest BCUT2D eigenvalue weighted by molar-refractivity contribution is 8.13. The molecule has 0 radical (unpaired) electrons. The average molecular weight is 318 g/mol. The monoisotopic (exact) mass is 317 g/mol. The van der Waals surface area contributed by atoms with Gasteiger partial charge in [0.15, 0.2) is 0 Å². The first-order chi connectivity index (χ1) is 9.36. The number of nitrogens with one attached hydrogen (secondary N) is 1. The molecule has 1 aromatic rings. The molecule has 5 nitrogen and oxygen atoms in total. The van der Waals surface area contributed by atoms with E-state index in [1.54, 1.807) is 0 Å². The first kappa shape index (κ1) is 15.3. The molecule has 1 aliphatic rings. The Balaban J connectivity index is 2.02. The fourth-order valence-electron chi connectivity index (χ4n) is 2.17. The topological polar surface area (TPSA) is 72.5 Å². The highest BCUT2D eigenvalue weighted by atomic mass is 35.7. The van der Waals surface area contributed by atoms with Crippen molar-refractivity contribution in [3.63, 3.8) is 0 Å². The molecule has 7 heteroatoms. The number of benzene rings is 1. The van der Waals surface area contributed by atoms with Gasteiger partial charge in [-0.1, -0.05) is 0 Å². The van der Waals surface area contributed by atoms with Gasteiger partial charge < -0.3 is 10.1 Å². The first-order valence-electron chi connectivity index (χ1n) is 6.33. The van der Waals surface area contributed by atoms with Gasteiger partial charge >= 0.3 is 0 Å². The van der Waals surface area contributed by atoms with Crippen molar-refractivity contribution in [2.75, 3.05) is 6.61 Å².